The molecule has 1 aromatic rings. The first-order valence-corrected chi connectivity index (χ1v) is 6.80. The molecule has 0 saturated carbocycles. The van der Waals surface area contributed by atoms with E-state index >= 15 is 0 Å². The van der Waals surface area contributed by atoms with Crippen molar-refractivity contribution in [3.63, 3.8) is 0 Å². The van der Waals surface area contributed by atoms with E-state index in [1.54, 1.807) is 18.2 Å². The molecule has 0 spiro atoms. The molecule has 0 aliphatic heterocycles. The predicted molar refractivity (Wildman–Crippen MR) is 76.9 cm³/mol. The molecule has 0 atom stereocenters. The molecule has 20 heavy (non-hydrogen) atoms. The summed E-state index contributed by atoms with van der Waals surface area (Å²) in [5, 5.41) is 8.97. The summed E-state index contributed by atoms with van der Waals surface area (Å²) in [4.78, 5) is 22.6. The van der Waals surface area contributed by atoms with Crippen LogP contribution in [0.15, 0.2) is 18.2 Å². The molecule has 0 saturated heterocycles. The molecule has 4 heteroatoms. The summed E-state index contributed by atoms with van der Waals surface area (Å²) >= 11 is 0. The normalized spacial score (nSPS) is 11.2. The summed E-state index contributed by atoms with van der Waals surface area (Å²) in [6.07, 6.45) is 1.61. The van der Waals surface area contributed by atoms with Gasteiger partial charge in [-0.25, -0.2) is 4.79 Å². The van der Waals surface area contributed by atoms with Gasteiger partial charge in [0.25, 0.3) is 0 Å². The molecule has 4 nitrogen and oxygen atoms in total. The van der Waals surface area contributed by atoms with E-state index < -0.39 is 11.6 Å². The van der Waals surface area contributed by atoms with Gasteiger partial charge in [-0.2, -0.15) is 0 Å². The van der Waals surface area contributed by atoms with Gasteiger partial charge in [0, 0.05) is 6.42 Å². The molecule has 0 aliphatic carbocycles. The van der Waals surface area contributed by atoms with Crippen LogP contribution in [-0.2, 0) is 22.4 Å². The van der Waals surface area contributed by atoms with E-state index in [1.165, 1.54) is 0 Å². The number of rotatable bonds is 5. The Bertz CT molecular complexity index is 498. The Hall–Kier alpha value is -1.84. The fraction of sp³-hybridized carbons (Fsp3) is 0.500. The highest BCUT2D eigenvalue weighted by Gasteiger charge is 2.16. The summed E-state index contributed by atoms with van der Waals surface area (Å²) in [7, 11) is 0. The topological polar surface area (TPSA) is 63.6 Å². The van der Waals surface area contributed by atoms with Gasteiger partial charge < -0.3 is 9.84 Å². The quantitative estimate of drug-likeness (QED) is 0.840. The minimum Gasteiger partial charge on any atom is -0.478 e. The van der Waals surface area contributed by atoms with Crippen molar-refractivity contribution in [3.8, 4) is 0 Å². The second kappa shape index (κ2) is 6.55. The van der Waals surface area contributed by atoms with Gasteiger partial charge in [0.2, 0.25) is 0 Å². The van der Waals surface area contributed by atoms with E-state index in [-0.39, 0.29) is 11.5 Å². The smallest absolute Gasteiger partial charge is 0.335 e. The van der Waals surface area contributed by atoms with Crippen LogP contribution in [0.3, 0.4) is 0 Å². The molecule has 0 radical (unpaired) electrons. The van der Waals surface area contributed by atoms with E-state index in [0.717, 1.165) is 17.5 Å². The van der Waals surface area contributed by atoms with Gasteiger partial charge in [0.15, 0.2) is 0 Å². The number of carbonyl (C=O) groups excluding carboxylic acids is 1. The zero-order valence-corrected chi connectivity index (χ0v) is 12.5. The number of carboxylic acids is 1. The van der Waals surface area contributed by atoms with Crippen LogP contribution in [-0.4, -0.2) is 22.6 Å². The highest BCUT2D eigenvalue weighted by molar-refractivity contribution is 5.87. The first kappa shape index (κ1) is 16.2. The third kappa shape index (κ3) is 5.03. The third-order valence-electron chi connectivity index (χ3n) is 2.85. The fourth-order valence-corrected chi connectivity index (χ4v) is 1.96. The zero-order chi connectivity index (χ0) is 15.3. The molecule has 1 N–H and O–H groups in total. The second-order valence-corrected chi connectivity index (χ2v) is 5.73. The first-order chi connectivity index (χ1) is 9.23. The molecule has 0 unspecified atom stereocenters. The summed E-state index contributed by atoms with van der Waals surface area (Å²) in [6.45, 7) is 7.48. The number of hydrogen-bond donors (Lipinski definition) is 1. The summed E-state index contributed by atoms with van der Waals surface area (Å²) < 4.78 is 5.26. The Morgan fingerprint density at radius 1 is 1.20 bits per heavy atom. The van der Waals surface area contributed by atoms with Crippen LogP contribution in [0, 0.1) is 0 Å². The van der Waals surface area contributed by atoms with Gasteiger partial charge in [-0.3, -0.25) is 4.79 Å². The van der Waals surface area contributed by atoms with Crippen LogP contribution in [0.2, 0.25) is 0 Å². The largest absolute Gasteiger partial charge is 0.478 e. The van der Waals surface area contributed by atoms with Gasteiger partial charge >= 0.3 is 11.9 Å². The SMILES string of the molecule is CCc1cc(C(=O)O)ccc1CCC(=O)OC(C)(C)C. The van der Waals surface area contributed by atoms with E-state index in [4.69, 9.17) is 9.84 Å². The predicted octanol–water partition coefficient (Wildman–Crippen LogP) is 3.22. The van der Waals surface area contributed by atoms with Gasteiger partial charge in [-0.1, -0.05) is 13.0 Å². The highest BCUT2D eigenvalue weighted by atomic mass is 16.6. The van der Waals surface area contributed by atoms with Crippen LogP contribution >= 0.6 is 0 Å². The Labute approximate surface area is 119 Å². The van der Waals surface area contributed by atoms with Crippen molar-refractivity contribution in [3.05, 3.63) is 34.9 Å². The van der Waals surface area contributed by atoms with Crippen molar-refractivity contribution < 1.29 is 19.4 Å². The van der Waals surface area contributed by atoms with Crippen LogP contribution in [0.1, 0.15) is 55.6 Å². The minimum atomic E-state index is -0.932. The van der Waals surface area contributed by atoms with Gasteiger partial charge in [0.05, 0.1) is 5.56 Å². The van der Waals surface area contributed by atoms with Crippen LogP contribution in [0.25, 0.3) is 0 Å². The van der Waals surface area contributed by atoms with Crippen molar-refractivity contribution in [2.24, 2.45) is 0 Å². The molecule has 0 heterocycles. The van der Waals surface area contributed by atoms with Crippen LogP contribution in [0.4, 0.5) is 0 Å². The van der Waals surface area contributed by atoms with Crippen molar-refractivity contribution in [1.29, 1.82) is 0 Å². The summed E-state index contributed by atoms with van der Waals surface area (Å²) in [6, 6.07) is 5.03. The van der Waals surface area contributed by atoms with Gasteiger partial charge in [-0.15, -0.1) is 0 Å². The average molecular weight is 278 g/mol. The van der Waals surface area contributed by atoms with E-state index in [2.05, 4.69) is 0 Å². The number of ether oxygens (including phenoxy) is 1. The maximum Gasteiger partial charge on any atom is 0.335 e. The molecule has 0 aromatic heterocycles. The fourth-order valence-electron chi connectivity index (χ4n) is 1.96. The summed E-state index contributed by atoms with van der Waals surface area (Å²) in [5.74, 6) is -1.17. The molecule has 1 aromatic carbocycles. The lowest BCUT2D eigenvalue weighted by Gasteiger charge is -2.19. The van der Waals surface area contributed by atoms with E-state index in [0.29, 0.717) is 12.8 Å². The van der Waals surface area contributed by atoms with Crippen molar-refractivity contribution in [1.82, 2.24) is 0 Å². The number of hydrogen-bond acceptors (Lipinski definition) is 3. The van der Waals surface area contributed by atoms with Crippen LogP contribution in [0.5, 0.6) is 0 Å². The zero-order valence-electron chi connectivity index (χ0n) is 12.5. The lowest BCUT2D eigenvalue weighted by atomic mass is 9.98. The van der Waals surface area contributed by atoms with Crippen molar-refractivity contribution in [2.45, 2.75) is 52.6 Å². The number of carboxylic acid groups (broad SMARTS) is 1. The van der Waals surface area contributed by atoms with Crippen LogP contribution < -0.4 is 0 Å². The highest BCUT2D eigenvalue weighted by Crippen LogP contribution is 2.16. The van der Waals surface area contributed by atoms with Gasteiger partial charge in [-0.05, 0) is 56.9 Å². The molecule has 1 rings (SSSR count). The number of esters is 1. The summed E-state index contributed by atoms with van der Waals surface area (Å²) in [5.41, 5.74) is 1.78. The van der Waals surface area contributed by atoms with Crippen molar-refractivity contribution >= 4 is 11.9 Å². The average Bonchev–Trinajstić information content (AvgIpc) is 2.33. The molecular weight excluding hydrogens is 256 g/mol. The molecule has 0 fully saturated rings. The number of carbonyl (C=O) groups is 2. The van der Waals surface area contributed by atoms with Gasteiger partial charge in [0.1, 0.15) is 5.60 Å². The van der Waals surface area contributed by atoms with Crippen molar-refractivity contribution in [2.75, 3.05) is 0 Å². The number of benzene rings is 1. The molecule has 110 valence electrons. The first-order valence-electron chi connectivity index (χ1n) is 6.80. The third-order valence-corrected chi connectivity index (χ3v) is 2.85. The number of aryl methyl sites for hydroxylation is 2. The Balaban J connectivity index is 2.73. The molecular formula is C16H22O4. The minimum absolute atomic E-state index is 0.234. The molecule has 0 amide bonds. The Kier molecular flexibility index (Phi) is 5.31. The van der Waals surface area contributed by atoms with E-state index in [9.17, 15) is 9.59 Å². The lowest BCUT2D eigenvalue weighted by Crippen LogP contribution is -2.24. The molecule has 0 aliphatic rings. The van der Waals surface area contributed by atoms with E-state index in [1.807, 2.05) is 27.7 Å². The standard InChI is InChI=1S/C16H22O4/c1-5-11-10-13(15(18)19)7-6-12(11)8-9-14(17)20-16(2,3)4/h6-7,10H,5,8-9H2,1-4H3,(H,18,19). The maximum atomic E-state index is 11.7. The Morgan fingerprint density at radius 3 is 2.35 bits per heavy atom. The lowest BCUT2D eigenvalue weighted by molar-refractivity contribution is -0.154. The number of aromatic carboxylic acids is 1. The second-order valence-electron chi connectivity index (χ2n) is 5.73. The monoisotopic (exact) mass is 278 g/mol. The maximum absolute atomic E-state index is 11.7. The molecule has 0 bridgehead atoms. The Morgan fingerprint density at radius 2 is 1.85 bits per heavy atom.